The summed E-state index contributed by atoms with van der Waals surface area (Å²) in [5.74, 6) is 1.21. The van der Waals surface area contributed by atoms with Crippen molar-refractivity contribution in [3.05, 3.63) is 42.2 Å². The minimum absolute atomic E-state index is 0.526. The van der Waals surface area contributed by atoms with Gasteiger partial charge in [0.2, 0.25) is 5.95 Å². The summed E-state index contributed by atoms with van der Waals surface area (Å²) in [7, 11) is 4.10. The molecular formula is C17H24N4. The van der Waals surface area contributed by atoms with Crippen molar-refractivity contribution in [2.24, 2.45) is 0 Å². The van der Waals surface area contributed by atoms with Crippen LogP contribution < -0.4 is 5.32 Å². The molecule has 4 nitrogen and oxygen atoms in total. The molecule has 0 atom stereocenters. The second-order valence-corrected chi connectivity index (χ2v) is 5.81. The van der Waals surface area contributed by atoms with Crippen molar-refractivity contribution in [3.63, 3.8) is 0 Å². The summed E-state index contributed by atoms with van der Waals surface area (Å²) in [4.78, 5) is 10.9. The van der Waals surface area contributed by atoms with Crippen LogP contribution in [0.4, 0.5) is 5.95 Å². The molecule has 1 aromatic carbocycles. The normalized spacial score (nSPS) is 11.1. The molecule has 0 unspecified atom stereocenters. The van der Waals surface area contributed by atoms with E-state index in [-0.39, 0.29) is 0 Å². The maximum absolute atomic E-state index is 4.39. The fourth-order valence-corrected chi connectivity index (χ4v) is 2.04. The number of aromatic nitrogens is 2. The first-order valence-electron chi connectivity index (χ1n) is 7.37. The quantitative estimate of drug-likeness (QED) is 0.884. The summed E-state index contributed by atoms with van der Waals surface area (Å²) in [6.07, 6.45) is 3.76. The SMILES string of the molecule is CC(C)c1cccc(-c2cnc(NCCN(C)C)nc2)c1. The van der Waals surface area contributed by atoms with Crippen molar-refractivity contribution in [1.82, 2.24) is 14.9 Å². The maximum atomic E-state index is 4.39. The van der Waals surface area contributed by atoms with Gasteiger partial charge in [0, 0.05) is 31.0 Å². The molecular weight excluding hydrogens is 260 g/mol. The van der Waals surface area contributed by atoms with E-state index >= 15 is 0 Å². The highest BCUT2D eigenvalue weighted by molar-refractivity contribution is 5.63. The van der Waals surface area contributed by atoms with Crippen molar-refractivity contribution < 1.29 is 0 Å². The summed E-state index contributed by atoms with van der Waals surface area (Å²) >= 11 is 0. The second-order valence-electron chi connectivity index (χ2n) is 5.81. The van der Waals surface area contributed by atoms with Gasteiger partial charge in [0.1, 0.15) is 0 Å². The summed E-state index contributed by atoms with van der Waals surface area (Å²) in [5.41, 5.74) is 3.55. The molecule has 0 bridgehead atoms. The molecule has 1 aromatic heterocycles. The van der Waals surface area contributed by atoms with Crippen LogP contribution in [0.15, 0.2) is 36.7 Å². The van der Waals surface area contributed by atoms with Crippen LogP contribution >= 0.6 is 0 Å². The molecule has 0 saturated heterocycles. The fourth-order valence-electron chi connectivity index (χ4n) is 2.04. The van der Waals surface area contributed by atoms with E-state index in [2.05, 4.69) is 58.3 Å². The number of nitrogens with zero attached hydrogens (tertiary/aromatic N) is 3. The van der Waals surface area contributed by atoms with Crippen LogP contribution in [0.2, 0.25) is 0 Å². The number of rotatable bonds is 6. The Kier molecular flexibility index (Phi) is 5.28. The molecule has 0 aliphatic heterocycles. The molecule has 0 saturated carbocycles. The van der Waals surface area contributed by atoms with E-state index in [1.807, 2.05) is 26.5 Å². The average molecular weight is 284 g/mol. The summed E-state index contributed by atoms with van der Waals surface area (Å²) in [6.45, 7) is 6.21. The molecule has 1 heterocycles. The van der Waals surface area contributed by atoms with Gasteiger partial charge < -0.3 is 10.2 Å². The van der Waals surface area contributed by atoms with Gasteiger partial charge in [-0.25, -0.2) is 9.97 Å². The van der Waals surface area contributed by atoms with Crippen molar-refractivity contribution in [2.75, 3.05) is 32.5 Å². The lowest BCUT2D eigenvalue weighted by atomic mass is 9.99. The molecule has 1 N–H and O–H groups in total. The predicted octanol–water partition coefficient (Wildman–Crippen LogP) is 3.24. The molecule has 0 fully saturated rings. The first-order valence-corrected chi connectivity index (χ1v) is 7.37. The highest BCUT2D eigenvalue weighted by atomic mass is 15.1. The number of anilines is 1. The zero-order valence-electron chi connectivity index (χ0n) is 13.3. The molecule has 4 heteroatoms. The lowest BCUT2D eigenvalue weighted by Gasteiger charge is -2.11. The van der Waals surface area contributed by atoms with Crippen LogP contribution in [0, 0.1) is 0 Å². The van der Waals surface area contributed by atoms with Gasteiger partial charge in [0.05, 0.1) is 0 Å². The van der Waals surface area contributed by atoms with E-state index in [0.717, 1.165) is 18.7 Å². The number of hydrogen-bond donors (Lipinski definition) is 1. The first kappa shape index (κ1) is 15.4. The molecule has 2 rings (SSSR count). The Morgan fingerprint density at radius 2 is 1.81 bits per heavy atom. The monoisotopic (exact) mass is 284 g/mol. The molecule has 21 heavy (non-hydrogen) atoms. The van der Waals surface area contributed by atoms with Crippen LogP contribution in [0.5, 0.6) is 0 Å². The molecule has 112 valence electrons. The van der Waals surface area contributed by atoms with Crippen LogP contribution in [0.3, 0.4) is 0 Å². The van der Waals surface area contributed by atoms with E-state index in [0.29, 0.717) is 11.9 Å². The van der Waals surface area contributed by atoms with Crippen molar-refractivity contribution in [3.8, 4) is 11.1 Å². The zero-order chi connectivity index (χ0) is 15.2. The van der Waals surface area contributed by atoms with Gasteiger partial charge in [-0.1, -0.05) is 38.1 Å². The number of benzene rings is 1. The van der Waals surface area contributed by atoms with E-state index in [1.54, 1.807) is 0 Å². The predicted molar refractivity (Wildman–Crippen MR) is 88.6 cm³/mol. The van der Waals surface area contributed by atoms with E-state index in [4.69, 9.17) is 0 Å². The van der Waals surface area contributed by atoms with Crippen LogP contribution in [-0.2, 0) is 0 Å². The Bertz CT molecular complexity index is 561. The Morgan fingerprint density at radius 3 is 2.43 bits per heavy atom. The molecule has 0 aliphatic carbocycles. The minimum Gasteiger partial charge on any atom is -0.353 e. The van der Waals surface area contributed by atoms with Gasteiger partial charge in [-0.15, -0.1) is 0 Å². The molecule has 0 radical (unpaired) electrons. The molecule has 0 aliphatic rings. The third-order valence-corrected chi connectivity index (χ3v) is 3.38. The van der Waals surface area contributed by atoms with E-state index < -0.39 is 0 Å². The van der Waals surface area contributed by atoms with Gasteiger partial charge in [-0.05, 0) is 31.1 Å². The summed E-state index contributed by atoms with van der Waals surface area (Å²) in [6, 6.07) is 8.56. The van der Waals surface area contributed by atoms with E-state index in [9.17, 15) is 0 Å². The Balaban J connectivity index is 2.06. The molecule has 0 spiro atoms. The number of nitrogens with one attached hydrogen (secondary N) is 1. The maximum Gasteiger partial charge on any atom is 0.222 e. The van der Waals surface area contributed by atoms with Gasteiger partial charge in [0.25, 0.3) is 0 Å². The summed E-state index contributed by atoms with van der Waals surface area (Å²) in [5, 5.41) is 3.22. The minimum atomic E-state index is 0.526. The molecule has 2 aromatic rings. The van der Waals surface area contributed by atoms with Crippen molar-refractivity contribution in [1.29, 1.82) is 0 Å². The highest BCUT2D eigenvalue weighted by Gasteiger charge is 2.04. The Hall–Kier alpha value is -1.94. The largest absolute Gasteiger partial charge is 0.353 e. The lowest BCUT2D eigenvalue weighted by molar-refractivity contribution is 0.425. The topological polar surface area (TPSA) is 41.1 Å². The zero-order valence-corrected chi connectivity index (χ0v) is 13.3. The highest BCUT2D eigenvalue weighted by Crippen LogP contribution is 2.23. The van der Waals surface area contributed by atoms with E-state index in [1.165, 1.54) is 11.1 Å². The van der Waals surface area contributed by atoms with Gasteiger partial charge >= 0.3 is 0 Å². The Morgan fingerprint density at radius 1 is 1.10 bits per heavy atom. The van der Waals surface area contributed by atoms with Crippen molar-refractivity contribution in [2.45, 2.75) is 19.8 Å². The Labute approximate surface area is 127 Å². The average Bonchev–Trinajstić information content (AvgIpc) is 2.48. The first-order chi connectivity index (χ1) is 10.1. The third kappa shape index (κ3) is 4.53. The number of hydrogen-bond acceptors (Lipinski definition) is 4. The number of likely N-dealkylation sites (N-methyl/N-ethyl adjacent to an activating group) is 1. The standard InChI is InChI=1S/C17H24N4/c1-13(2)14-6-5-7-15(10-14)16-11-19-17(20-12-16)18-8-9-21(3)4/h5-7,10-13H,8-9H2,1-4H3,(H,18,19,20). The van der Waals surface area contributed by atoms with Gasteiger partial charge in [0.15, 0.2) is 0 Å². The fraction of sp³-hybridized carbons (Fsp3) is 0.412. The summed E-state index contributed by atoms with van der Waals surface area (Å²) < 4.78 is 0. The third-order valence-electron chi connectivity index (χ3n) is 3.38. The van der Waals surface area contributed by atoms with Crippen LogP contribution in [0.25, 0.3) is 11.1 Å². The lowest BCUT2D eigenvalue weighted by Crippen LogP contribution is -2.21. The van der Waals surface area contributed by atoms with Crippen molar-refractivity contribution >= 4 is 5.95 Å². The van der Waals surface area contributed by atoms with Crippen LogP contribution in [0.1, 0.15) is 25.3 Å². The van der Waals surface area contributed by atoms with Gasteiger partial charge in [-0.3, -0.25) is 0 Å². The van der Waals surface area contributed by atoms with Crippen LogP contribution in [-0.4, -0.2) is 42.1 Å². The second kappa shape index (κ2) is 7.18. The van der Waals surface area contributed by atoms with Gasteiger partial charge in [-0.2, -0.15) is 0 Å². The molecule has 0 amide bonds. The smallest absolute Gasteiger partial charge is 0.222 e.